The molecule has 2 atom stereocenters. The Kier molecular flexibility index (Phi) is 3.96. The molecule has 3 nitrogen and oxygen atoms in total. The number of carbonyl (C=O) groups excluding carboxylic acids is 1. The maximum atomic E-state index is 12.4. The zero-order chi connectivity index (χ0) is 14.8. The third-order valence-electron chi connectivity index (χ3n) is 5.25. The number of hydrogen-bond donors (Lipinski definition) is 0. The second kappa shape index (κ2) is 5.89. The van der Waals surface area contributed by atoms with E-state index < -0.39 is 0 Å². The zero-order valence-electron chi connectivity index (χ0n) is 12.6. The van der Waals surface area contributed by atoms with Crippen molar-refractivity contribution < 1.29 is 4.79 Å². The topological polar surface area (TPSA) is 44.1 Å². The zero-order valence-corrected chi connectivity index (χ0v) is 12.6. The van der Waals surface area contributed by atoms with Crippen LogP contribution in [0.5, 0.6) is 0 Å². The van der Waals surface area contributed by atoms with E-state index in [0.29, 0.717) is 23.3 Å². The molecular formula is C18H22N2O. The van der Waals surface area contributed by atoms with E-state index in [1.165, 1.54) is 12.0 Å². The number of amides is 1. The highest BCUT2D eigenvalue weighted by Gasteiger charge is 2.36. The predicted molar refractivity (Wildman–Crippen MR) is 81.6 cm³/mol. The number of likely N-dealkylation sites (tertiary alicyclic amines) is 1. The van der Waals surface area contributed by atoms with E-state index in [1.807, 2.05) is 12.1 Å². The van der Waals surface area contributed by atoms with Crippen LogP contribution in [0, 0.1) is 23.2 Å². The first-order valence-corrected chi connectivity index (χ1v) is 7.98. The molecular weight excluding hydrogens is 260 g/mol. The third-order valence-corrected chi connectivity index (χ3v) is 5.25. The summed E-state index contributed by atoms with van der Waals surface area (Å²) in [5.74, 6) is 1.78. The van der Waals surface area contributed by atoms with E-state index in [0.717, 1.165) is 32.4 Å². The molecule has 1 aromatic carbocycles. The van der Waals surface area contributed by atoms with E-state index in [4.69, 9.17) is 5.26 Å². The lowest BCUT2D eigenvalue weighted by Crippen LogP contribution is -2.45. The first-order valence-electron chi connectivity index (χ1n) is 7.98. The van der Waals surface area contributed by atoms with Gasteiger partial charge in [0.05, 0.1) is 11.6 Å². The fourth-order valence-electron chi connectivity index (χ4n) is 3.53. The number of hydrogen-bond acceptors (Lipinski definition) is 2. The summed E-state index contributed by atoms with van der Waals surface area (Å²) in [5, 5.41) is 8.84. The summed E-state index contributed by atoms with van der Waals surface area (Å²) in [7, 11) is 0. The number of piperidine rings is 1. The van der Waals surface area contributed by atoms with Crippen LogP contribution in [-0.4, -0.2) is 23.9 Å². The van der Waals surface area contributed by atoms with Crippen LogP contribution in [0.1, 0.15) is 49.7 Å². The van der Waals surface area contributed by atoms with E-state index in [9.17, 15) is 4.79 Å². The molecule has 1 amide bonds. The Balaban J connectivity index is 1.57. The molecule has 2 fully saturated rings. The molecule has 0 spiro atoms. The van der Waals surface area contributed by atoms with Crippen molar-refractivity contribution in [2.24, 2.45) is 11.8 Å². The summed E-state index contributed by atoms with van der Waals surface area (Å²) >= 11 is 0. The van der Waals surface area contributed by atoms with Gasteiger partial charge in [0.1, 0.15) is 0 Å². The molecule has 21 heavy (non-hydrogen) atoms. The molecule has 3 heteroatoms. The Labute approximate surface area is 126 Å². The molecule has 0 aromatic heterocycles. The van der Waals surface area contributed by atoms with Gasteiger partial charge in [-0.2, -0.15) is 5.26 Å². The number of benzene rings is 1. The van der Waals surface area contributed by atoms with Gasteiger partial charge in [-0.1, -0.05) is 19.1 Å². The van der Waals surface area contributed by atoms with Gasteiger partial charge in [-0.15, -0.1) is 0 Å². The number of nitrogens with zero attached hydrogens (tertiary/aromatic N) is 2. The first kappa shape index (κ1) is 14.1. The van der Waals surface area contributed by atoms with Crippen molar-refractivity contribution in [2.45, 2.75) is 38.5 Å². The molecule has 2 aliphatic rings. The highest BCUT2D eigenvalue weighted by atomic mass is 16.2. The maximum absolute atomic E-state index is 12.4. The van der Waals surface area contributed by atoms with Crippen molar-refractivity contribution in [3.8, 4) is 6.07 Å². The lowest BCUT2D eigenvalue weighted by atomic mass is 9.74. The smallest absolute Gasteiger partial charge is 0.225 e. The Hall–Kier alpha value is -1.82. The van der Waals surface area contributed by atoms with Gasteiger partial charge in [-0.25, -0.2) is 0 Å². The van der Waals surface area contributed by atoms with Gasteiger partial charge in [0.2, 0.25) is 5.91 Å². The van der Waals surface area contributed by atoms with Crippen LogP contribution >= 0.6 is 0 Å². The summed E-state index contributed by atoms with van der Waals surface area (Å²) in [6.07, 6.45) is 4.37. The summed E-state index contributed by atoms with van der Waals surface area (Å²) < 4.78 is 0. The van der Waals surface area contributed by atoms with Crippen LogP contribution in [0.25, 0.3) is 0 Å². The Morgan fingerprint density at radius 2 is 1.81 bits per heavy atom. The second-order valence-corrected chi connectivity index (χ2v) is 6.49. The number of nitriles is 1. The first-order chi connectivity index (χ1) is 10.2. The van der Waals surface area contributed by atoms with Gasteiger partial charge in [-0.05, 0) is 55.2 Å². The van der Waals surface area contributed by atoms with Gasteiger partial charge >= 0.3 is 0 Å². The predicted octanol–water partition coefficient (Wildman–Crippen LogP) is 3.31. The minimum absolute atomic E-state index is 0.288. The highest BCUT2D eigenvalue weighted by Crippen LogP contribution is 2.36. The Bertz CT molecular complexity index is 550. The minimum atomic E-state index is 0.288. The molecule has 110 valence electrons. The van der Waals surface area contributed by atoms with Gasteiger partial charge in [0.15, 0.2) is 0 Å². The molecule has 0 bridgehead atoms. The van der Waals surface area contributed by atoms with Crippen LogP contribution in [-0.2, 0) is 4.79 Å². The van der Waals surface area contributed by atoms with E-state index >= 15 is 0 Å². The quantitative estimate of drug-likeness (QED) is 0.835. The van der Waals surface area contributed by atoms with Gasteiger partial charge in [0, 0.05) is 19.0 Å². The molecule has 2 unspecified atom stereocenters. The lowest BCUT2D eigenvalue weighted by Gasteiger charge is -2.39. The largest absolute Gasteiger partial charge is 0.342 e. The van der Waals surface area contributed by atoms with Crippen molar-refractivity contribution in [2.75, 3.05) is 13.1 Å². The standard InChI is InChI=1S/C18H22N2O/c1-13-2-7-17(13)18(21)20-10-8-16(9-11-20)15-5-3-14(12-19)4-6-15/h3-6,13,16-17H,2,7-11H2,1H3. The Morgan fingerprint density at radius 1 is 1.14 bits per heavy atom. The normalized spacial score (nSPS) is 26.0. The van der Waals surface area contributed by atoms with Crippen molar-refractivity contribution in [1.29, 1.82) is 5.26 Å². The van der Waals surface area contributed by atoms with Crippen molar-refractivity contribution in [1.82, 2.24) is 4.90 Å². The summed E-state index contributed by atoms with van der Waals surface area (Å²) in [5.41, 5.74) is 2.02. The maximum Gasteiger partial charge on any atom is 0.225 e. The van der Waals surface area contributed by atoms with Gasteiger partial charge in [-0.3, -0.25) is 4.79 Å². The van der Waals surface area contributed by atoms with Crippen LogP contribution in [0.15, 0.2) is 24.3 Å². The van der Waals surface area contributed by atoms with Crippen LogP contribution in [0.3, 0.4) is 0 Å². The van der Waals surface area contributed by atoms with Crippen molar-refractivity contribution in [3.63, 3.8) is 0 Å². The molecule has 1 aliphatic carbocycles. The molecule has 0 radical (unpaired) electrons. The van der Waals surface area contributed by atoms with E-state index in [2.05, 4.69) is 30.0 Å². The van der Waals surface area contributed by atoms with Crippen LogP contribution in [0.4, 0.5) is 0 Å². The molecule has 1 saturated heterocycles. The number of carbonyl (C=O) groups is 1. The SMILES string of the molecule is CC1CCC1C(=O)N1CCC(c2ccc(C#N)cc2)CC1. The summed E-state index contributed by atoms with van der Waals surface area (Å²) in [6.45, 7) is 3.95. The van der Waals surface area contributed by atoms with Crippen LogP contribution in [0.2, 0.25) is 0 Å². The minimum Gasteiger partial charge on any atom is -0.342 e. The lowest BCUT2D eigenvalue weighted by molar-refractivity contribution is -0.141. The van der Waals surface area contributed by atoms with Gasteiger partial charge in [0.25, 0.3) is 0 Å². The molecule has 3 rings (SSSR count). The molecule has 1 aliphatic heterocycles. The van der Waals surface area contributed by atoms with E-state index in [1.54, 1.807) is 0 Å². The molecule has 1 heterocycles. The monoisotopic (exact) mass is 282 g/mol. The fourth-order valence-corrected chi connectivity index (χ4v) is 3.53. The Morgan fingerprint density at radius 3 is 2.29 bits per heavy atom. The second-order valence-electron chi connectivity index (χ2n) is 6.49. The molecule has 1 saturated carbocycles. The van der Waals surface area contributed by atoms with Crippen molar-refractivity contribution in [3.05, 3.63) is 35.4 Å². The average molecular weight is 282 g/mol. The molecule has 1 aromatic rings. The van der Waals surface area contributed by atoms with Crippen LogP contribution < -0.4 is 0 Å². The highest BCUT2D eigenvalue weighted by molar-refractivity contribution is 5.80. The number of rotatable bonds is 2. The van der Waals surface area contributed by atoms with Crippen molar-refractivity contribution >= 4 is 5.91 Å². The third kappa shape index (κ3) is 2.81. The average Bonchev–Trinajstić information content (AvgIpc) is 2.53. The fraction of sp³-hybridized carbons (Fsp3) is 0.556. The summed E-state index contributed by atoms with van der Waals surface area (Å²) in [4.78, 5) is 14.5. The summed E-state index contributed by atoms with van der Waals surface area (Å²) in [6, 6.07) is 10.1. The molecule has 0 N–H and O–H groups in total. The van der Waals surface area contributed by atoms with E-state index in [-0.39, 0.29) is 5.92 Å². The van der Waals surface area contributed by atoms with Gasteiger partial charge < -0.3 is 4.90 Å².